The lowest BCUT2D eigenvalue weighted by atomic mass is 9.88. The Kier molecular flexibility index (Phi) is 3.61. The fourth-order valence-corrected chi connectivity index (χ4v) is 2.95. The summed E-state index contributed by atoms with van der Waals surface area (Å²) in [6.45, 7) is 4.31. The van der Waals surface area contributed by atoms with Crippen LogP contribution in [-0.4, -0.2) is 12.6 Å². The molecule has 0 fully saturated rings. The van der Waals surface area contributed by atoms with Gasteiger partial charge in [-0.15, -0.1) is 0 Å². The largest absolute Gasteiger partial charge is 0.463 e. The van der Waals surface area contributed by atoms with Gasteiger partial charge in [0.05, 0.1) is 6.61 Å². The molecule has 0 aliphatic heterocycles. The van der Waals surface area contributed by atoms with Crippen LogP contribution in [0.1, 0.15) is 35.1 Å². The van der Waals surface area contributed by atoms with Crippen LogP contribution in [0.5, 0.6) is 0 Å². The van der Waals surface area contributed by atoms with Crippen molar-refractivity contribution in [2.24, 2.45) is 0 Å². The van der Waals surface area contributed by atoms with E-state index in [4.69, 9.17) is 4.74 Å². The standard InChI is InChI=1S/C19H18O2/c1-3-21-19(20)17-12-16-13(2)8-7-11-15(16)18(17)14-9-5-4-6-10-14/h4-12,18H,3H2,1-2H3. The zero-order valence-corrected chi connectivity index (χ0v) is 12.3. The van der Waals surface area contributed by atoms with Gasteiger partial charge in [-0.25, -0.2) is 4.79 Å². The van der Waals surface area contributed by atoms with Gasteiger partial charge in [0.2, 0.25) is 0 Å². The van der Waals surface area contributed by atoms with E-state index in [1.807, 2.05) is 37.3 Å². The highest BCUT2D eigenvalue weighted by Crippen LogP contribution is 2.42. The zero-order chi connectivity index (χ0) is 14.8. The minimum atomic E-state index is -0.220. The van der Waals surface area contributed by atoms with Crippen molar-refractivity contribution >= 4 is 12.0 Å². The first-order valence-electron chi connectivity index (χ1n) is 7.25. The first-order valence-corrected chi connectivity index (χ1v) is 7.25. The van der Waals surface area contributed by atoms with E-state index in [1.165, 1.54) is 11.1 Å². The fraction of sp³-hybridized carbons (Fsp3) is 0.211. The van der Waals surface area contributed by atoms with Crippen molar-refractivity contribution in [2.75, 3.05) is 6.61 Å². The first-order chi connectivity index (χ1) is 10.2. The van der Waals surface area contributed by atoms with Gasteiger partial charge in [-0.1, -0.05) is 48.5 Å². The maximum Gasteiger partial charge on any atom is 0.334 e. The van der Waals surface area contributed by atoms with Gasteiger partial charge in [0.25, 0.3) is 0 Å². The SMILES string of the molecule is CCOC(=O)C1=Cc2c(C)cccc2C1c1ccccc1. The average molecular weight is 278 g/mol. The van der Waals surface area contributed by atoms with E-state index in [-0.39, 0.29) is 11.9 Å². The number of benzene rings is 2. The van der Waals surface area contributed by atoms with E-state index in [0.717, 1.165) is 16.7 Å². The highest BCUT2D eigenvalue weighted by atomic mass is 16.5. The molecule has 3 rings (SSSR count). The number of hydrogen-bond acceptors (Lipinski definition) is 2. The lowest BCUT2D eigenvalue weighted by molar-refractivity contribution is -0.138. The molecule has 0 heterocycles. The van der Waals surface area contributed by atoms with Crippen LogP contribution in [0.3, 0.4) is 0 Å². The number of aryl methyl sites for hydroxylation is 1. The molecule has 1 aliphatic carbocycles. The van der Waals surface area contributed by atoms with Gasteiger partial charge in [0.15, 0.2) is 0 Å². The summed E-state index contributed by atoms with van der Waals surface area (Å²) < 4.78 is 5.24. The van der Waals surface area contributed by atoms with E-state index in [0.29, 0.717) is 6.61 Å². The fourth-order valence-electron chi connectivity index (χ4n) is 2.95. The van der Waals surface area contributed by atoms with E-state index < -0.39 is 0 Å². The van der Waals surface area contributed by atoms with Crippen LogP contribution in [-0.2, 0) is 9.53 Å². The van der Waals surface area contributed by atoms with Gasteiger partial charge < -0.3 is 4.74 Å². The van der Waals surface area contributed by atoms with E-state index in [1.54, 1.807) is 0 Å². The summed E-state index contributed by atoms with van der Waals surface area (Å²) in [5.74, 6) is -0.248. The summed E-state index contributed by atoms with van der Waals surface area (Å²) in [7, 11) is 0. The molecule has 2 aromatic carbocycles. The van der Waals surface area contributed by atoms with Crippen molar-refractivity contribution in [1.82, 2.24) is 0 Å². The Bertz CT molecular complexity index is 699. The Balaban J connectivity index is 2.13. The van der Waals surface area contributed by atoms with Gasteiger partial charge >= 0.3 is 5.97 Å². The first kappa shape index (κ1) is 13.6. The highest BCUT2D eigenvalue weighted by Gasteiger charge is 2.32. The van der Waals surface area contributed by atoms with Crippen LogP contribution in [0.2, 0.25) is 0 Å². The maximum atomic E-state index is 12.3. The summed E-state index contributed by atoms with van der Waals surface area (Å²) in [6.07, 6.45) is 1.99. The summed E-state index contributed by atoms with van der Waals surface area (Å²) in [5, 5.41) is 0. The monoisotopic (exact) mass is 278 g/mol. The van der Waals surface area contributed by atoms with Crippen LogP contribution >= 0.6 is 0 Å². The van der Waals surface area contributed by atoms with E-state index >= 15 is 0 Å². The number of rotatable bonds is 3. The second kappa shape index (κ2) is 5.57. The molecule has 106 valence electrons. The Morgan fingerprint density at radius 2 is 1.86 bits per heavy atom. The van der Waals surface area contributed by atoms with Gasteiger partial charge in [0.1, 0.15) is 0 Å². The van der Waals surface area contributed by atoms with Crippen molar-refractivity contribution in [2.45, 2.75) is 19.8 Å². The van der Waals surface area contributed by atoms with Crippen LogP contribution in [0, 0.1) is 6.92 Å². The second-order valence-electron chi connectivity index (χ2n) is 5.24. The van der Waals surface area contributed by atoms with Crippen molar-refractivity contribution in [3.63, 3.8) is 0 Å². The molecule has 0 saturated heterocycles. The Hall–Kier alpha value is -2.35. The number of carbonyl (C=O) groups excluding carboxylic acids is 1. The third-order valence-corrected chi connectivity index (χ3v) is 3.92. The number of fused-ring (bicyclic) bond motifs is 1. The smallest absolute Gasteiger partial charge is 0.334 e. The maximum absolute atomic E-state index is 12.3. The van der Waals surface area contributed by atoms with E-state index in [9.17, 15) is 4.79 Å². The number of carbonyl (C=O) groups is 1. The van der Waals surface area contributed by atoms with Crippen LogP contribution in [0.4, 0.5) is 0 Å². The molecule has 1 aliphatic rings. The quantitative estimate of drug-likeness (QED) is 0.791. The number of hydrogen-bond donors (Lipinski definition) is 0. The van der Waals surface area contributed by atoms with Gasteiger partial charge in [-0.2, -0.15) is 0 Å². The average Bonchev–Trinajstić information content (AvgIpc) is 2.89. The Morgan fingerprint density at radius 3 is 2.57 bits per heavy atom. The van der Waals surface area contributed by atoms with E-state index in [2.05, 4.69) is 31.2 Å². The summed E-state index contributed by atoms with van der Waals surface area (Å²) in [4.78, 5) is 12.3. The molecule has 2 nitrogen and oxygen atoms in total. The summed E-state index contributed by atoms with van der Waals surface area (Å²) >= 11 is 0. The molecule has 0 bridgehead atoms. The lowest BCUT2D eigenvalue weighted by Gasteiger charge is -2.16. The van der Waals surface area contributed by atoms with Crippen molar-refractivity contribution < 1.29 is 9.53 Å². The highest BCUT2D eigenvalue weighted by molar-refractivity contribution is 5.99. The molecule has 1 atom stereocenters. The number of ether oxygens (including phenoxy) is 1. The molecule has 0 amide bonds. The molecule has 0 spiro atoms. The molecule has 0 saturated carbocycles. The summed E-state index contributed by atoms with van der Waals surface area (Å²) in [5.41, 5.74) is 5.37. The van der Waals surface area contributed by atoms with Gasteiger partial charge in [-0.05, 0) is 42.2 Å². The predicted octanol–water partition coefficient (Wildman–Crippen LogP) is 4.09. The predicted molar refractivity (Wildman–Crippen MR) is 84.1 cm³/mol. The molecule has 0 aromatic heterocycles. The van der Waals surface area contributed by atoms with Crippen molar-refractivity contribution in [1.29, 1.82) is 0 Å². The normalized spacial score (nSPS) is 16.3. The Morgan fingerprint density at radius 1 is 1.10 bits per heavy atom. The third-order valence-electron chi connectivity index (χ3n) is 3.92. The van der Waals surface area contributed by atoms with Crippen LogP contribution < -0.4 is 0 Å². The number of esters is 1. The van der Waals surface area contributed by atoms with Gasteiger partial charge in [0, 0.05) is 11.5 Å². The molecule has 0 radical (unpaired) electrons. The third kappa shape index (κ3) is 2.38. The second-order valence-corrected chi connectivity index (χ2v) is 5.24. The lowest BCUT2D eigenvalue weighted by Crippen LogP contribution is -2.13. The minimum Gasteiger partial charge on any atom is -0.463 e. The zero-order valence-electron chi connectivity index (χ0n) is 12.3. The topological polar surface area (TPSA) is 26.3 Å². The Labute approximate surface area is 125 Å². The summed E-state index contributed by atoms with van der Waals surface area (Å²) in [6, 6.07) is 16.4. The molecule has 2 heteroatoms. The molecule has 2 aromatic rings. The molecule has 1 unspecified atom stereocenters. The molecule has 0 N–H and O–H groups in total. The van der Waals surface area contributed by atoms with Gasteiger partial charge in [-0.3, -0.25) is 0 Å². The molecular weight excluding hydrogens is 260 g/mol. The van der Waals surface area contributed by atoms with Crippen molar-refractivity contribution in [3.8, 4) is 0 Å². The molecule has 21 heavy (non-hydrogen) atoms. The van der Waals surface area contributed by atoms with Crippen LogP contribution in [0.15, 0.2) is 54.1 Å². The molecular formula is C19H18O2. The van der Waals surface area contributed by atoms with Crippen LogP contribution in [0.25, 0.3) is 6.08 Å². The van der Waals surface area contributed by atoms with Crippen molar-refractivity contribution in [3.05, 3.63) is 76.4 Å². The minimum absolute atomic E-state index is 0.0276.